The van der Waals surface area contributed by atoms with Crippen LogP contribution in [0.1, 0.15) is 52.9 Å². The van der Waals surface area contributed by atoms with Crippen molar-refractivity contribution in [1.29, 1.82) is 0 Å². The van der Waals surface area contributed by atoms with Crippen LogP contribution in [0.25, 0.3) is 22.3 Å². The molecule has 0 fully saturated rings. The average molecular weight is 539 g/mol. The molecule has 10 heteroatoms. The van der Waals surface area contributed by atoms with Crippen LogP contribution in [0.5, 0.6) is 5.75 Å². The Bertz CT molecular complexity index is 1450. The molecule has 0 bridgehead atoms. The molecule has 3 rings (SSSR count). The summed E-state index contributed by atoms with van der Waals surface area (Å²) in [5.74, 6) is -3.01. The fourth-order valence-electron chi connectivity index (χ4n) is 4.23. The molecule has 0 saturated heterocycles. The Morgan fingerprint density at radius 1 is 1.13 bits per heavy atom. The van der Waals surface area contributed by atoms with Crippen LogP contribution in [0.3, 0.4) is 0 Å². The van der Waals surface area contributed by atoms with Crippen molar-refractivity contribution in [3.05, 3.63) is 71.3 Å². The summed E-state index contributed by atoms with van der Waals surface area (Å²) in [6.07, 6.45) is 0.534. The second-order valence-corrected chi connectivity index (χ2v) is 9.65. The maximum atomic E-state index is 13.9. The fraction of sp³-hybridized carbons (Fsp3) is 0.276. The van der Waals surface area contributed by atoms with Gasteiger partial charge in [0.1, 0.15) is 17.1 Å². The van der Waals surface area contributed by atoms with Gasteiger partial charge >= 0.3 is 0 Å². The van der Waals surface area contributed by atoms with Gasteiger partial charge in [0.15, 0.2) is 5.83 Å². The van der Waals surface area contributed by atoms with Crippen LogP contribution < -0.4 is 21.1 Å². The van der Waals surface area contributed by atoms with E-state index in [-0.39, 0.29) is 23.6 Å². The standard InChI is InChI=1S/C29H32F2N4O4/c1-7-21-24(19-11-9-18(12-15(19)2)34-27(37)16(3)30)23(25(35-21)26(32)36)17-8-10-20(22(13-17)39-6)28(38)33-14-29(4,5)31/h8-13,35H,3,7,14H2,1-2,4-6H3,(H2,32,36)(H,33,38)(H,34,37). The third-order valence-corrected chi connectivity index (χ3v) is 6.08. The summed E-state index contributed by atoms with van der Waals surface area (Å²) in [7, 11) is 1.41. The van der Waals surface area contributed by atoms with Crippen molar-refractivity contribution in [1.82, 2.24) is 10.3 Å². The largest absolute Gasteiger partial charge is 0.496 e. The number of primary amides is 1. The number of ether oxygens (including phenoxy) is 1. The Hall–Kier alpha value is -4.47. The predicted octanol–water partition coefficient (Wildman–Crippen LogP) is 5.23. The predicted molar refractivity (Wildman–Crippen MR) is 147 cm³/mol. The number of amides is 3. The minimum Gasteiger partial charge on any atom is -0.496 e. The molecule has 3 amide bonds. The van der Waals surface area contributed by atoms with Crippen molar-refractivity contribution in [3.8, 4) is 28.0 Å². The summed E-state index contributed by atoms with van der Waals surface area (Å²) in [5.41, 5.74) is 8.89. The first-order valence-electron chi connectivity index (χ1n) is 12.2. The Balaban J connectivity index is 2.16. The minimum absolute atomic E-state index is 0.172. The van der Waals surface area contributed by atoms with Crippen molar-refractivity contribution >= 4 is 23.4 Å². The fourth-order valence-corrected chi connectivity index (χ4v) is 4.23. The highest BCUT2D eigenvalue weighted by atomic mass is 19.1. The quantitative estimate of drug-likeness (QED) is 0.264. The molecular formula is C29H32F2N4O4. The van der Waals surface area contributed by atoms with Crippen molar-refractivity contribution in [3.63, 3.8) is 0 Å². The monoisotopic (exact) mass is 538 g/mol. The van der Waals surface area contributed by atoms with Crippen molar-refractivity contribution in [2.45, 2.75) is 39.8 Å². The zero-order chi connectivity index (χ0) is 29.1. The smallest absolute Gasteiger partial charge is 0.283 e. The molecule has 0 aliphatic carbocycles. The van der Waals surface area contributed by atoms with E-state index in [9.17, 15) is 23.2 Å². The number of nitrogens with two attached hydrogens (primary N) is 1. The molecule has 1 heterocycles. The molecule has 0 aliphatic heterocycles. The Morgan fingerprint density at radius 3 is 2.36 bits per heavy atom. The zero-order valence-corrected chi connectivity index (χ0v) is 22.6. The van der Waals surface area contributed by atoms with Crippen LogP contribution in [0.4, 0.5) is 14.5 Å². The van der Waals surface area contributed by atoms with Crippen LogP contribution in [0.15, 0.2) is 48.8 Å². The van der Waals surface area contributed by atoms with Gasteiger partial charge in [0.05, 0.1) is 19.2 Å². The summed E-state index contributed by atoms with van der Waals surface area (Å²) < 4.78 is 32.6. The highest BCUT2D eigenvalue weighted by Gasteiger charge is 2.26. The molecule has 0 radical (unpaired) electrons. The molecule has 8 nitrogen and oxygen atoms in total. The minimum atomic E-state index is -1.59. The lowest BCUT2D eigenvalue weighted by Gasteiger charge is -2.17. The molecule has 0 saturated carbocycles. The number of H-pyrrole nitrogens is 1. The lowest BCUT2D eigenvalue weighted by atomic mass is 9.90. The molecule has 3 aromatic rings. The first-order chi connectivity index (χ1) is 18.3. The summed E-state index contributed by atoms with van der Waals surface area (Å²) >= 11 is 0. The number of aromatic nitrogens is 1. The third-order valence-electron chi connectivity index (χ3n) is 6.08. The van der Waals surface area contributed by atoms with Gasteiger partial charge in [-0.3, -0.25) is 14.4 Å². The van der Waals surface area contributed by atoms with Crippen molar-refractivity contribution in [2.75, 3.05) is 19.0 Å². The van der Waals surface area contributed by atoms with Gasteiger partial charge in [-0.05, 0) is 68.1 Å². The van der Waals surface area contributed by atoms with Gasteiger partial charge in [0.25, 0.3) is 17.7 Å². The molecule has 5 N–H and O–H groups in total. The van der Waals surface area contributed by atoms with Crippen molar-refractivity contribution < 1.29 is 27.9 Å². The number of aromatic amines is 1. The van der Waals surface area contributed by atoms with Gasteiger partial charge in [-0.25, -0.2) is 8.78 Å². The van der Waals surface area contributed by atoms with Crippen LogP contribution in [0, 0.1) is 6.92 Å². The number of benzene rings is 2. The molecule has 2 aromatic carbocycles. The molecule has 1 aromatic heterocycles. The number of nitrogens with one attached hydrogen (secondary N) is 3. The number of anilines is 1. The van der Waals surface area contributed by atoms with Gasteiger partial charge in [-0.15, -0.1) is 0 Å². The number of methoxy groups -OCH3 is 1. The van der Waals surface area contributed by atoms with Gasteiger partial charge in [0, 0.05) is 22.5 Å². The number of halogens is 2. The van der Waals surface area contributed by atoms with Crippen LogP contribution in [-0.2, 0) is 11.2 Å². The number of aryl methyl sites for hydroxylation is 2. The highest BCUT2D eigenvalue weighted by Crippen LogP contribution is 2.41. The van der Waals surface area contributed by atoms with E-state index in [2.05, 4.69) is 22.2 Å². The van der Waals surface area contributed by atoms with E-state index in [1.165, 1.54) is 27.0 Å². The number of alkyl halides is 1. The van der Waals surface area contributed by atoms with Crippen molar-refractivity contribution in [2.24, 2.45) is 5.73 Å². The van der Waals surface area contributed by atoms with Gasteiger partial charge in [-0.2, -0.15) is 0 Å². The normalized spacial score (nSPS) is 11.2. The highest BCUT2D eigenvalue weighted by molar-refractivity contribution is 6.06. The average Bonchev–Trinajstić information content (AvgIpc) is 3.26. The lowest BCUT2D eigenvalue weighted by Crippen LogP contribution is -2.35. The molecular weight excluding hydrogens is 506 g/mol. The molecule has 206 valence electrons. The Labute approximate surface area is 225 Å². The Kier molecular flexibility index (Phi) is 8.58. The van der Waals surface area contributed by atoms with E-state index in [0.717, 1.165) is 16.8 Å². The molecule has 39 heavy (non-hydrogen) atoms. The number of hydrogen-bond acceptors (Lipinski definition) is 4. The van der Waals surface area contributed by atoms with E-state index in [4.69, 9.17) is 10.5 Å². The molecule has 0 unspecified atom stereocenters. The third kappa shape index (κ3) is 6.51. The topological polar surface area (TPSA) is 126 Å². The van der Waals surface area contributed by atoms with E-state index >= 15 is 0 Å². The maximum Gasteiger partial charge on any atom is 0.283 e. The molecule has 0 atom stereocenters. The second kappa shape index (κ2) is 11.5. The lowest BCUT2D eigenvalue weighted by molar-refractivity contribution is -0.114. The van der Waals surface area contributed by atoms with E-state index in [1.807, 2.05) is 13.8 Å². The van der Waals surface area contributed by atoms with Crippen LogP contribution >= 0.6 is 0 Å². The van der Waals surface area contributed by atoms with Gasteiger partial charge < -0.3 is 26.1 Å². The first kappa shape index (κ1) is 29.1. The maximum absolute atomic E-state index is 13.9. The SMILES string of the molecule is C=C(F)C(=O)Nc1ccc(-c2c(CC)[nH]c(C(N)=O)c2-c2ccc(C(=O)NCC(C)(C)F)c(OC)c2)c(C)c1. The number of carbonyl (C=O) groups excluding carboxylic acids is 3. The number of hydrogen-bond donors (Lipinski definition) is 4. The first-order valence-corrected chi connectivity index (χ1v) is 12.2. The van der Waals surface area contributed by atoms with Crippen LogP contribution in [-0.4, -0.2) is 42.0 Å². The second-order valence-electron chi connectivity index (χ2n) is 9.65. The van der Waals surface area contributed by atoms with Gasteiger partial charge in [0.2, 0.25) is 0 Å². The van der Waals surface area contributed by atoms with E-state index in [1.54, 1.807) is 30.3 Å². The summed E-state index contributed by atoms with van der Waals surface area (Å²) in [6.45, 7) is 9.27. The van der Waals surface area contributed by atoms with Gasteiger partial charge in [-0.1, -0.05) is 25.6 Å². The molecule has 0 spiro atoms. The van der Waals surface area contributed by atoms with Crippen LogP contribution in [0.2, 0.25) is 0 Å². The zero-order valence-electron chi connectivity index (χ0n) is 22.6. The van der Waals surface area contributed by atoms with E-state index < -0.39 is 29.2 Å². The number of rotatable bonds is 10. The summed E-state index contributed by atoms with van der Waals surface area (Å²) in [5, 5.41) is 4.99. The number of carbonyl (C=O) groups is 3. The summed E-state index contributed by atoms with van der Waals surface area (Å²) in [6, 6.07) is 9.86. The molecule has 0 aliphatic rings. The Morgan fingerprint density at radius 2 is 1.82 bits per heavy atom. The van der Waals surface area contributed by atoms with E-state index in [0.29, 0.717) is 28.8 Å². The summed E-state index contributed by atoms with van der Waals surface area (Å²) in [4.78, 5) is 40.1.